The first-order chi connectivity index (χ1) is 17.6. The molecule has 0 bridgehead atoms. The van der Waals surface area contributed by atoms with Gasteiger partial charge >= 0.3 is 0 Å². The van der Waals surface area contributed by atoms with E-state index in [1.807, 2.05) is 0 Å². The topological polar surface area (TPSA) is 72.3 Å². The number of aromatic nitrogens is 3. The normalized spacial score (nSPS) is 20.7. The van der Waals surface area contributed by atoms with Crippen LogP contribution in [0.25, 0.3) is 10.9 Å². The van der Waals surface area contributed by atoms with Crippen LogP contribution in [-0.2, 0) is 20.0 Å². The molecule has 0 saturated heterocycles. The molecule has 1 aliphatic carbocycles. The molecule has 0 unspecified atom stereocenters. The fraction of sp³-hybridized carbons (Fsp3) is 0.577. The molecule has 3 aromatic rings. The minimum absolute atomic E-state index is 0.0385. The zero-order valence-electron chi connectivity index (χ0n) is 21.1. The zero-order valence-corrected chi connectivity index (χ0v) is 21.9. The molecule has 1 N–H and O–H groups in total. The highest BCUT2D eigenvalue weighted by atomic mass is 32.1. The van der Waals surface area contributed by atoms with Gasteiger partial charge in [0.1, 0.15) is 5.82 Å². The summed E-state index contributed by atoms with van der Waals surface area (Å²) in [7, 11) is 1.75. The highest BCUT2D eigenvalue weighted by Gasteiger charge is 2.28. The first kappa shape index (κ1) is 26.0. The Morgan fingerprint density at radius 2 is 2.05 bits per heavy atom. The summed E-state index contributed by atoms with van der Waals surface area (Å²) < 4.78 is 47.4. The van der Waals surface area contributed by atoms with E-state index in [9.17, 15) is 18.0 Å². The number of aryl methyl sites for hydroxylation is 1. The van der Waals surface area contributed by atoms with Crippen LogP contribution in [-0.4, -0.2) is 57.2 Å². The molecule has 1 saturated carbocycles. The van der Waals surface area contributed by atoms with Gasteiger partial charge in [0.15, 0.2) is 6.61 Å². The Morgan fingerprint density at radius 1 is 1.27 bits per heavy atom. The Balaban J connectivity index is 1.08. The van der Waals surface area contributed by atoms with E-state index in [4.69, 9.17) is 4.74 Å². The molecule has 11 heteroatoms. The second kappa shape index (κ2) is 10.6. The fourth-order valence-corrected chi connectivity index (χ4v) is 6.21. The summed E-state index contributed by atoms with van der Waals surface area (Å²) in [5, 5.41) is 8.17. The number of hydrogen-bond acceptors (Lipinski definition) is 6. The van der Waals surface area contributed by atoms with E-state index >= 15 is 0 Å². The van der Waals surface area contributed by atoms with E-state index in [-0.39, 0.29) is 17.5 Å². The number of hydrogen-bond donors (Lipinski definition) is 1. The molecule has 0 spiro atoms. The van der Waals surface area contributed by atoms with Gasteiger partial charge in [-0.15, -0.1) is 0 Å². The van der Waals surface area contributed by atoms with E-state index in [0.29, 0.717) is 28.6 Å². The molecule has 1 fully saturated rings. The number of benzene rings is 1. The van der Waals surface area contributed by atoms with Gasteiger partial charge in [0, 0.05) is 49.6 Å². The van der Waals surface area contributed by atoms with Gasteiger partial charge in [0.25, 0.3) is 17.0 Å². The lowest BCUT2D eigenvalue weighted by molar-refractivity contribution is -0.0230. The van der Waals surface area contributed by atoms with Crippen LogP contribution < -0.4 is 10.1 Å². The van der Waals surface area contributed by atoms with Crippen LogP contribution in [0.2, 0.25) is 0 Å². The quantitative estimate of drug-likeness (QED) is 0.443. The number of nitrogens with one attached hydrogen (secondary N) is 1. The largest absolute Gasteiger partial charge is 0.464 e. The van der Waals surface area contributed by atoms with E-state index in [1.54, 1.807) is 24.0 Å². The predicted octanol–water partition coefficient (Wildman–Crippen LogP) is 4.94. The van der Waals surface area contributed by atoms with Crippen LogP contribution in [0, 0.1) is 11.7 Å². The molecule has 37 heavy (non-hydrogen) atoms. The van der Waals surface area contributed by atoms with Crippen molar-refractivity contribution in [2.45, 2.75) is 64.0 Å². The standard InChI is InChI=1S/C26H32F3N5O2S/c1-26(28,29)15-36-25-31-21-14-34(12-10-22(21)37-25)11-9-16-3-5-17(6-4-16)30-24(35)23-18-13-33(2)32-20(18)8-7-19(23)27/h7-8,13,16-17H,3-6,9-12,14-15H2,1-2H3,(H,30,35)/t16-,17-. The van der Waals surface area contributed by atoms with Gasteiger partial charge in [-0.1, -0.05) is 11.3 Å². The molecule has 5 rings (SSSR count). The maximum atomic E-state index is 14.5. The highest BCUT2D eigenvalue weighted by molar-refractivity contribution is 7.13. The van der Waals surface area contributed by atoms with Crippen molar-refractivity contribution in [2.24, 2.45) is 13.0 Å². The van der Waals surface area contributed by atoms with Gasteiger partial charge in [0.2, 0.25) is 0 Å². The summed E-state index contributed by atoms with van der Waals surface area (Å²) in [6, 6.07) is 2.93. The lowest BCUT2D eigenvalue weighted by Gasteiger charge is -2.32. The van der Waals surface area contributed by atoms with Crippen molar-refractivity contribution in [2.75, 3.05) is 19.7 Å². The Kier molecular flexibility index (Phi) is 7.44. The Morgan fingerprint density at radius 3 is 2.81 bits per heavy atom. The molecule has 0 radical (unpaired) electrons. The molecule has 1 aliphatic heterocycles. The summed E-state index contributed by atoms with van der Waals surface area (Å²) in [6.45, 7) is 2.78. The first-order valence-corrected chi connectivity index (χ1v) is 13.6. The molecular formula is C26H32F3N5O2S. The Bertz CT molecular complexity index is 1260. The lowest BCUT2D eigenvalue weighted by atomic mass is 9.84. The predicted molar refractivity (Wildman–Crippen MR) is 136 cm³/mol. The van der Waals surface area contributed by atoms with Crippen LogP contribution >= 0.6 is 11.3 Å². The Hall–Kier alpha value is -2.66. The highest BCUT2D eigenvalue weighted by Crippen LogP contribution is 2.32. The Labute approximate surface area is 218 Å². The lowest BCUT2D eigenvalue weighted by Crippen LogP contribution is -2.38. The van der Waals surface area contributed by atoms with Crippen molar-refractivity contribution >= 4 is 28.1 Å². The SMILES string of the molecule is Cn1cc2c(C(=O)N[C@H]3CC[C@H](CCN4CCc5sc(OCC(C)(F)F)nc5C4)CC3)c(F)ccc2n1. The number of fused-ring (bicyclic) bond motifs is 2. The molecule has 7 nitrogen and oxygen atoms in total. The van der Waals surface area contributed by atoms with E-state index in [1.165, 1.54) is 17.4 Å². The molecule has 2 aliphatic rings. The minimum Gasteiger partial charge on any atom is -0.464 e. The number of nitrogens with zero attached hydrogens (tertiary/aromatic N) is 4. The third kappa shape index (κ3) is 6.26. The van der Waals surface area contributed by atoms with E-state index < -0.39 is 18.3 Å². The number of ether oxygens (including phenoxy) is 1. The second-order valence-electron chi connectivity index (χ2n) is 10.4. The summed E-state index contributed by atoms with van der Waals surface area (Å²) in [5.41, 5.74) is 1.61. The van der Waals surface area contributed by atoms with Crippen molar-refractivity contribution in [3.05, 3.63) is 40.3 Å². The van der Waals surface area contributed by atoms with Gasteiger partial charge in [0.05, 0.1) is 16.8 Å². The minimum atomic E-state index is -2.87. The van der Waals surface area contributed by atoms with Crippen LogP contribution in [0.1, 0.15) is 60.0 Å². The molecule has 200 valence electrons. The first-order valence-electron chi connectivity index (χ1n) is 12.8. The second-order valence-corrected chi connectivity index (χ2v) is 11.4. The van der Waals surface area contributed by atoms with Crippen LogP contribution in [0.3, 0.4) is 0 Å². The van der Waals surface area contributed by atoms with Crippen LogP contribution in [0.4, 0.5) is 13.2 Å². The number of halogens is 3. The molecular weight excluding hydrogens is 503 g/mol. The summed E-state index contributed by atoms with van der Waals surface area (Å²) in [5.74, 6) is -3.20. The summed E-state index contributed by atoms with van der Waals surface area (Å²) in [4.78, 5) is 20.8. The van der Waals surface area contributed by atoms with Gasteiger partial charge in [-0.05, 0) is 63.1 Å². The van der Waals surface area contributed by atoms with Gasteiger partial charge < -0.3 is 10.1 Å². The number of rotatable bonds is 8. The van der Waals surface area contributed by atoms with Crippen LogP contribution in [0.5, 0.6) is 5.19 Å². The molecule has 1 aromatic carbocycles. The monoisotopic (exact) mass is 535 g/mol. The van der Waals surface area contributed by atoms with Crippen molar-refractivity contribution in [1.29, 1.82) is 0 Å². The third-order valence-corrected chi connectivity index (χ3v) is 8.32. The molecule has 0 atom stereocenters. The smallest absolute Gasteiger partial charge is 0.278 e. The average molecular weight is 536 g/mol. The van der Waals surface area contributed by atoms with Crippen LogP contribution in [0.15, 0.2) is 18.3 Å². The van der Waals surface area contributed by atoms with Crippen molar-refractivity contribution < 1.29 is 22.7 Å². The van der Waals surface area contributed by atoms with E-state index in [2.05, 4.69) is 20.3 Å². The maximum absolute atomic E-state index is 14.5. The average Bonchev–Trinajstić information content (AvgIpc) is 3.43. The summed E-state index contributed by atoms with van der Waals surface area (Å²) >= 11 is 1.37. The fourth-order valence-electron chi connectivity index (χ4n) is 5.30. The van der Waals surface area contributed by atoms with Gasteiger partial charge in [-0.2, -0.15) is 5.10 Å². The van der Waals surface area contributed by atoms with Crippen molar-refractivity contribution in [3.63, 3.8) is 0 Å². The molecule has 3 heterocycles. The number of carbonyl (C=O) groups excluding carboxylic acids is 1. The number of amides is 1. The number of alkyl halides is 2. The third-order valence-electron chi connectivity index (χ3n) is 7.25. The molecule has 1 amide bonds. The maximum Gasteiger partial charge on any atom is 0.278 e. The summed E-state index contributed by atoms with van der Waals surface area (Å²) in [6.07, 6.45) is 7.39. The number of carbonyl (C=O) groups is 1. The molecule has 2 aromatic heterocycles. The van der Waals surface area contributed by atoms with Crippen molar-refractivity contribution in [1.82, 2.24) is 25.0 Å². The van der Waals surface area contributed by atoms with E-state index in [0.717, 1.165) is 69.1 Å². The zero-order chi connectivity index (χ0) is 26.2. The van der Waals surface area contributed by atoms with Crippen molar-refractivity contribution in [3.8, 4) is 5.19 Å². The van der Waals surface area contributed by atoms with Gasteiger partial charge in [-0.25, -0.2) is 18.2 Å². The van der Waals surface area contributed by atoms with Gasteiger partial charge in [-0.3, -0.25) is 14.4 Å². The number of thiazole rings is 1.